The Hall–Kier alpha value is -5.07. The first kappa shape index (κ1) is 34.8. The maximum Gasteiger partial charge on any atom is 0.490 e. The quantitative estimate of drug-likeness (QED) is 0.154. The summed E-state index contributed by atoms with van der Waals surface area (Å²) in [6, 6.07) is 13.3. The van der Waals surface area contributed by atoms with Crippen molar-refractivity contribution >= 4 is 28.7 Å². The molecule has 5 rings (SSSR count). The Kier molecular flexibility index (Phi) is 11.5. The van der Waals surface area contributed by atoms with Crippen molar-refractivity contribution in [2.45, 2.75) is 44.6 Å². The third-order valence-corrected chi connectivity index (χ3v) is 7.56. The summed E-state index contributed by atoms with van der Waals surface area (Å²) >= 11 is 0. The number of piperidine rings is 1. The lowest BCUT2D eigenvalue weighted by atomic mass is 9.90. The maximum absolute atomic E-state index is 14.3. The van der Waals surface area contributed by atoms with Crippen LogP contribution in [-0.2, 0) is 29.2 Å². The average molecular weight is 658 g/mol. The Bertz CT molecular complexity index is 1760. The molecule has 3 heterocycles. The number of alkyl halides is 3. The molecule has 0 bridgehead atoms. The largest absolute Gasteiger partial charge is 0.490 e. The molecule has 0 aliphatic carbocycles. The first-order valence-corrected chi connectivity index (χ1v) is 14.4. The van der Waals surface area contributed by atoms with Gasteiger partial charge in [0.2, 0.25) is 5.88 Å². The highest BCUT2D eigenvalue weighted by molar-refractivity contribution is 5.92. The molecule has 1 saturated heterocycles. The van der Waals surface area contributed by atoms with Crippen LogP contribution in [0.5, 0.6) is 5.88 Å². The van der Waals surface area contributed by atoms with Gasteiger partial charge in [0, 0.05) is 31.0 Å². The van der Waals surface area contributed by atoms with Crippen molar-refractivity contribution in [3.8, 4) is 5.88 Å². The van der Waals surface area contributed by atoms with Gasteiger partial charge in [-0.2, -0.15) is 13.2 Å². The van der Waals surface area contributed by atoms with Crippen LogP contribution in [0.15, 0.2) is 54.7 Å². The summed E-state index contributed by atoms with van der Waals surface area (Å²) in [7, 11) is 1.64. The molecule has 0 atom stereocenters. The minimum atomic E-state index is -5.08. The molecule has 2 N–H and O–H groups in total. The summed E-state index contributed by atoms with van der Waals surface area (Å²) in [4.78, 5) is 35.3. The van der Waals surface area contributed by atoms with Gasteiger partial charge in [-0.15, -0.1) is 0 Å². The highest BCUT2D eigenvalue weighted by Gasteiger charge is 2.38. The van der Waals surface area contributed by atoms with E-state index < -0.39 is 23.9 Å². The van der Waals surface area contributed by atoms with E-state index >= 15 is 0 Å². The standard InChI is InChI=1S/C30H30FN5O4.C2HF3O2/c1-32-23-7-5-22(25(31)17-23)19-40-29-24(4-3-11-33-29)20-9-12-35(13-10-20)18-28-34-26-8-6-21(30(37)38)16-27(26)36(28)14-15-39-2;3-2(4,5)1(6)7/h3-8,11,16-17,20H,9-10,12-15,18-19H2,2H3,(H,37,38);(H,6,7). The number of pyridine rings is 1. The van der Waals surface area contributed by atoms with Crippen LogP contribution in [0.1, 0.15) is 46.1 Å². The maximum atomic E-state index is 14.3. The van der Waals surface area contributed by atoms with Crippen molar-refractivity contribution in [3.63, 3.8) is 0 Å². The van der Waals surface area contributed by atoms with E-state index in [4.69, 9.17) is 30.9 Å². The van der Waals surface area contributed by atoms with E-state index in [1.165, 1.54) is 6.07 Å². The Morgan fingerprint density at radius 2 is 1.83 bits per heavy atom. The van der Waals surface area contributed by atoms with Crippen LogP contribution < -0.4 is 4.74 Å². The highest BCUT2D eigenvalue weighted by atomic mass is 19.4. The zero-order chi connectivity index (χ0) is 34.1. The lowest BCUT2D eigenvalue weighted by Crippen LogP contribution is -2.33. The number of nitrogens with zero attached hydrogens (tertiary/aromatic N) is 5. The number of fused-ring (bicyclic) bond motifs is 1. The third kappa shape index (κ3) is 9.02. The van der Waals surface area contributed by atoms with Crippen LogP contribution in [0.3, 0.4) is 0 Å². The number of methoxy groups -OCH3 is 1. The van der Waals surface area contributed by atoms with Crippen molar-refractivity contribution in [1.82, 2.24) is 19.4 Å². The molecule has 1 aliphatic rings. The molecular formula is C32H31F4N5O6. The van der Waals surface area contributed by atoms with E-state index in [0.29, 0.717) is 31.1 Å². The second-order valence-electron chi connectivity index (χ2n) is 10.6. The molecule has 0 spiro atoms. The highest BCUT2D eigenvalue weighted by Crippen LogP contribution is 2.34. The summed E-state index contributed by atoms with van der Waals surface area (Å²) < 4.78 is 59.4. The zero-order valence-corrected chi connectivity index (χ0v) is 25.2. The number of aliphatic carboxylic acids is 1. The van der Waals surface area contributed by atoms with Crippen LogP contribution in [0.25, 0.3) is 15.9 Å². The molecule has 4 aromatic rings. The fourth-order valence-electron chi connectivity index (χ4n) is 5.16. The van der Waals surface area contributed by atoms with Crippen molar-refractivity contribution in [1.29, 1.82) is 0 Å². The van der Waals surface area contributed by atoms with E-state index in [1.54, 1.807) is 43.6 Å². The molecule has 1 aliphatic heterocycles. The fraction of sp³-hybridized carbons (Fsp3) is 0.344. The second-order valence-corrected chi connectivity index (χ2v) is 10.6. The van der Waals surface area contributed by atoms with E-state index in [1.807, 2.05) is 16.7 Å². The SMILES string of the molecule is O=C(O)C(F)(F)F.[C-]#[N+]c1ccc(COc2ncccc2C2CCN(Cc3nc4ccc(C(=O)O)cc4n3CCOC)CC2)c(F)c1. The van der Waals surface area contributed by atoms with Crippen LogP contribution in [0, 0.1) is 12.4 Å². The van der Waals surface area contributed by atoms with Crippen molar-refractivity contribution in [2.75, 3.05) is 26.8 Å². The number of benzene rings is 2. The number of carboxylic acids is 2. The number of carbonyl (C=O) groups is 2. The number of aromatic carboxylic acids is 1. The molecule has 15 heteroatoms. The second kappa shape index (κ2) is 15.5. The Balaban J connectivity index is 0.000000644. The molecule has 0 radical (unpaired) electrons. The van der Waals surface area contributed by atoms with Gasteiger partial charge in [0.1, 0.15) is 18.2 Å². The minimum Gasteiger partial charge on any atom is -0.478 e. The Morgan fingerprint density at radius 1 is 1.11 bits per heavy atom. The number of likely N-dealkylation sites (tertiary alicyclic amines) is 1. The first-order chi connectivity index (χ1) is 22.4. The van der Waals surface area contributed by atoms with Gasteiger partial charge in [-0.05, 0) is 62.2 Å². The summed E-state index contributed by atoms with van der Waals surface area (Å²) in [5, 5.41) is 16.6. The molecular weight excluding hydrogens is 626 g/mol. The average Bonchev–Trinajstić information content (AvgIpc) is 3.39. The first-order valence-electron chi connectivity index (χ1n) is 14.4. The number of hydrogen-bond donors (Lipinski definition) is 2. The van der Waals surface area contributed by atoms with E-state index in [0.717, 1.165) is 48.4 Å². The van der Waals surface area contributed by atoms with Gasteiger partial charge in [0.15, 0.2) is 5.69 Å². The number of ether oxygens (including phenoxy) is 2. The van der Waals surface area contributed by atoms with Gasteiger partial charge < -0.3 is 24.3 Å². The van der Waals surface area contributed by atoms with Crippen LogP contribution in [-0.4, -0.2) is 74.6 Å². The molecule has 0 unspecified atom stereocenters. The van der Waals surface area contributed by atoms with Gasteiger partial charge in [-0.25, -0.2) is 28.8 Å². The number of imidazole rings is 1. The summed E-state index contributed by atoms with van der Waals surface area (Å²) in [6.07, 6.45) is -1.61. The van der Waals surface area contributed by atoms with Crippen LogP contribution in [0.2, 0.25) is 0 Å². The van der Waals surface area contributed by atoms with Gasteiger partial charge >= 0.3 is 18.1 Å². The number of hydrogen-bond acceptors (Lipinski definition) is 7. The topological polar surface area (TPSA) is 131 Å². The summed E-state index contributed by atoms with van der Waals surface area (Å²) in [6.45, 7) is 10.5. The lowest BCUT2D eigenvalue weighted by molar-refractivity contribution is -0.192. The molecule has 1 fully saturated rings. The van der Waals surface area contributed by atoms with Gasteiger partial charge in [-0.1, -0.05) is 18.2 Å². The number of aromatic nitrogens is 3. The molecule has 2 aromatic heterocycles. The smallest absolute Gasteiger partial charge is 0.478 e. The van der Waals surface area contributed by atoms with Crippen LogP contribution >= 0.6 is 0 Å². The lowest BCUT2D eigenvalue weighted by Gasteiger charge is -2.32. The van der Waals surface area contributed by atoms with Gasteiger partial charge in [-0.3, -0.25) is 4.90 Å². The number of carboxylic acid groups (broad SMARTS) is 2. The molecule has 11 nitrogen and oxygen atoms in total. The predicted octanol–water partition coefficient (Wildman–Crippen LogP) is 6.06. The molecule has 47 heavy (non-hydrogen) atoms. The minimum absolute atomic E-state index is 0.0360. The van der Waals surface area contributed by atoms with Crippen molar-refractivity contribution in [3.05, 3.63) is 94.5 Å². The normalized spacial score (nSPS) is 13.9. The Labute approximate surface area is 266 Å². The van der Waals surface area contributed by atoms with Crippen molar-refractivity contribution < 1.29 is 46.8 Å². The van der Waals surface area contributed by atoms with Gasteiger partial charge in [0.05, 0.1) is 36.3 Å². The molecule has 2 aromatic carbocycles. The third-order valence-electron chi connectivity index (χ3n) is 7.56. The van der Waals surface area contributed by atoms with Crippen LogP contribution in [0.4, 0.5) is 23.2 Å². The molecule has 248 valence electrons. The van der Waals surface area contributed by atoms with Crippen molar-refractivity contribution in [2.24, 2.45) is 0 Å². The molecule has 0 saturated carbocycles. The van der Waals surface area contributed by atoms with Gasteiger partial charge in [0.25, 0.3) is 0 Å². The summed E-state index contributed by atoms with van der Waals surface area (Å²) in [5.74, 6) is -2.55. The fourth-order valence-corrected chi connectivity index (χ4v) is 5.16. The predicted molar refractivity (Wildman–Crippen MR) is 161 cm³/mol. The van der Waals surface area contributed by atoms with E-state index in [2.05, 4.69) is 14.7 Å². The zero-order valence-electron chi connectivity index (χ0n) is 25.2. The number of halogens is 4. The van der Waals surface area contributed by atoms with E-state index in [9.17, 15) is 27.5 Å². The molecule has 0 amide bonds. The van der Waals surface area contributed by atoms with E-state index in [-0.39, 0.29) is 23.8 Å². The monoisotopic (exact) mass is 657 g/mol. The summed E-state index contributed by atoms with van der Waals surface area (Å²) in [5.41, 5.74) is 3.43. The number of rotatable bonds is 10. The Morgan fingerprint density at radius 3 is 2.45 bits per heavy atom.